The second-order valence-electron chi connectivity index (χ2n) is 1.71. The minimum absolute atomic E-state index is 0. The Balaban J connectivity index is -0.000000109. The second kappa shape index (κ2) is 24.6. The van der Waals surface area contributed by atoms with Crippen molar-refractivity contribution in [1.29, 1.82) is 0 Å². The zero-order valence-electron chi connectivity index (χ0n) is 7.28. The molecule has 0 bridgehead atoms. The molecule has 59 valence electrons. The summed E-state index contributed by atoms with van der Waals surface area (Å²) in [7, 11) is 0. The lowest BCUT2D eigenvalue weighted by atomic mass is 10.2. The van der Waals surface area contributed by atoms with Crippen LogP contribution in [-0.2, 0) is 0 Å². The zero-order valence-corrected chi connectivity index (χ0v) is 7.28. The van der Waals surface area contributed by atoms with Crippen LogP contribution in [0.4, 0.5) is 0 Å². The Bertz CT molecular complexity index is 16.5. The van der Waals surface area contributed by atoms with Crippen molar-refractivity contribution in [1.82, 2.24) is 0 Å². The second-order valence-corrected chi connectivity index (χ2v) is 1.71. The maximum absolute atomic E-state index is 2.23. The van der Waals surface area contributed by atoms with Crippen LogP contribution in [0.25, 0.3) is 0 Å². The van der Waals surface area contributed by atoms with E-state index in [0.717, 1.165) is 0 Å². The van der Waals surface area contributed by atoms with Crippen LogP contribution in [0.1, 0.15) is 53.4 Å². The molecule has 0 rings (SSSR count). The van der Waals surface area contributed by atoms with E-state index in [9.17, 15) is 0 Å². The third-order valence-corrected chi connectivity index (χ3v) is 0.957. The normalized spacial score (nSPS) is 6.67. The highest BCUT2D eigenvalue weighted by Gasteiger charge is 1.75. The lowest BCUT2D eigenvalue weighted by Crippen LogP contribution is -1.66. The van der Waals surface area contributed by atoms with Gasteiger partial charge in [-0.2, -0.15) is 0 Å². The predicted octanol–water partition coefficient (Wildman–Crippen LogP) is 3.44. The van der Waals surface area contributed by atoms with Gasteiger partial charge in [-0.1, -0.05) is 53.4 Å². The van der Waals surface area contributed by atoms with E-state index in [-0.39, 0.29) is 5.48 Å². The van der Waals surface area contributed by atoms with Gasteiger partial charge >= 0.3 is 0 Å². The highest BCUT2D eigenvalue weighted by atomic mass is 16.0. The molecule has 0 unspecified atom stereocenters. The van der Waals surface area contributed by atoms with E-state index in [2.05, 4.69) is 13.8 Å². The standard InChI is InChI=1S/C6H14.C2H6.HO/c1-3-5-6-4-2;1-2;/h3-6H2,1-2H3;1-2H3;1H. The molecule has 0 saturated carbocycles. The number of hydrogen-bond acceptors (Lipinski definition) is 0. The van der Waals surface area contributed by atoms with Crippen molar-refractivity contribution in [2.24, 2.45) is 0 Å². The first kappa shape index (κ1) is 16.0. The van der Waals surface area contributed by atoms with Crippen LogP contribution in [0.15, 0.2) is 0 Å². The Morgan fingerprint density at radius 3 is 1.11 bits per heavy atom. The van der Waals surface area contributed by atoms with E-state index in [4.69, 9.17) is 0 Å². The summed E-state index contributed by atoms with van der Waals surface area (Å²) in [6, 6.07) is 0. The predicted molar refractivity (Wildman–Crippen MR) is 43.1 cm³/mol. The molecule has 0 atom stereocenters. The highest BCUT2D eigenvalue weighted by molar-refractivity contribution is 4.31. The van der Waals surface area contributed by atoms with Crippen molar-refractivity contribution < 1.29 is 5.48 Å². The van der Waals surface area contributed by atoms with Crippen LogP contribution in [0, 0.1) is 0 Å². The van der Waals surface area contributed by atoms with Gasteiger partial charge in [0.05, 0.1) is 0 Å². The average Bonchev–Trinajstić information content (AvgIpc) is 1.88. The molecule has 1 heteroatoms. The molecule has 9 heavy (non-hydrogen) atoms. The molecular formula is C8H21O. The van der Waals surface area contributed by atoms with E-state index in [1.807, 2.05) is 13.8 Å². The first-order chi connectivity index (χ1) is 3.91. The monoisotopic (exact) mass is 133 g/mol. The van der Waals surface area contributed by atoms with Crippen molar-refractivity contribution in [3.05, 3.63) is 0 Å². The van der Waals surface area contributed by atoms with E-state index in [1.165, 1.54) is 25.7 Å². The van der Waals surface area contributed by atoms with Gasteiger partial charge in [-0.05, 0) is 0 Å². The summed E-state index contributed by atoms with van der Waals surface area (Å²) in [4.78, 5) is 0. The summed E-state index contributed by atoms with van der Waals surface area (Å²) < 4.78 is 0. The Hall–Kier alpha value is -0.0400. The van der Waals surface area contributed by atoms with Crippen molar-refractivity contribution in [3.63, 3.8) is 0 Å². The summed E-state index contributed by atoms with van der Waals surface area (Å²) in [6.07, 6.45) is 5.54. The minimum Gasteiger partial charge on any atom is -0.255 e. The molecule has 0 aliphatic rings. The molecule has 0 aliphatic heterocycles. The Labute approximate surface area is 59.8 Å². The SMILES string of the molecule is CC.CCCCCC.[OH]. The van der Waals surface area contributed by atoms with Crippen LogP contribution in [0.2, 0.25) is 0 Å². The minimum atomic E-state index is 0. The molecule has 0 saturated heterocycles. The first-order valence-corrected chi connectivity index (χ1v) is 3.91. The van der Waals surface area contributed by atoms with Crippen molar-refractivity contribution in [2.75, 3.05) is 0 Å². The summed E-state index contributed by atoms with van der Waals surface area (Å²) in [5, 5.41) is 0. The van der Waals surface area contributed by atoms with Gasteiger partial charge in [0.2, 0.25) is 0 Å². The van der Waals surface area contributed by atoms with Crippen LogP contribution in [-0.4, -0.2) is 5.48 Å². The summed E-state index contributed by atoms with van der Waals surface area (Å²) in [6.45, 7) is 8.46. The molecule has 1 nitrogen and oxygen atoms in total. The van der Waals surface area contributed by atoms with E-state index >= 15 is 0 Å². The summed E-state index contributed by atoms with van der Waals surface area (Å²) >= 11 is 0. The average molecular weight is 133 g/mol. The quantitative estimate of drug-likeness (QED) is 0.572. The fourth-order valence-electron chi connectivity index (χ4n) is 0.500. The topological polar surface area (TPSA) is 30.0 Å². The van der Waals surface area contributed by atoms with Gasteiger partial charge in [-0.25, -0.2) is 0 Å². The molecule has 0 fully saturated rings. The lowest BCUT2D eigenvalue weighted by Gasteiger charge is -1.86. The van der Waals surface area contributed by atoms with E-state index in [1.54, 1.807) is 0 Å². The zero-order chi connectivity index (χ0) is 6.83. The van der Waals surface area contributed by atoms with Crippen LogP contribution in [0.3, 0.4) is 0 Å². The number of hydrogen-bond donors (Lipinski definition) is 1. The smallest absolute Gasteiger partial charge is 0.0536 e. The van der Waals surface area contributed by atoms with Gasteiger partial charge in [0, 0.05) is 0 Å². The first-order valence-electron chi connectivity index (χ1n) is 3.91. The van der Waals surface area contributed by atoms with Gasteiger partial charge in [-0.3, -0.25) is 5.48 Å². The maximum atomic E-state index is 2.23. The van der Waals surface area contributed by atoms with Gasteiger partial charge in [0.25, 0.3) is 0 Å². The number of unbranched alkanes of at least 4 members (excludes halogenated alkanes) is 3. The third kappa shape index (κ3) is 32.3. The molecule has 0 aromatic heterocycles. The Morgan fingerprint density at radius 1 is 0.778 bits per heavy atom. The summed E-state index contributed by atoms with van der Waals surface area (Å²) in [5.74, 6) is 0. The molecule has 0 aromatic carbocycles. The molecule has 0 heterocycles. The van der Waals surface area contributed by atoms with Gasteiger partial charge in [0.15, 0.2) is 0 Å². The molecule has 0 amide bonds. The largest absolute Gasteiger partial charge is 0.255 e. The fraction of sp³-hybridized carbons (Fsp3) is 1.00. The molecule has 0 aromatic rings. The molecule has 0 aliphatic carbocycles. The Kier molecular flexibility index (Phi) is 43.7. The lowest BCUT2D eigenvalue weighted by molar-refractivity contribution is 0.702. The molecular weight excluding hydrogens is 112 g/mol. The van der Waals surface area contributed by atoms with Crippen LogP contribution in [0.5, 0.6) is 0 Å². The van der Waals surface area contributed by atoms with Gasteiger partial charge < -0.3 is 0 Å². The van der Waals surface area contributed by atoms with E-state index in [0.29, 0.717) is 0 Å². The molecule has 1 N–H and O–H groups in total. The number of rotatable bonds is 3. The maximum Gasteiger partial charge on any atom is -0.0536 e. The van der Waals surface area contributed by atoms with Crippen molar-refractivity contribution >= 4 is 0 Å². The van der Waals surface area contributed by atoms with Gasteiger partial charge in [-0.15, -0.1) is 0 Å². The summed E-state index contributed by atoms with van der Waals surface area (Å²) in [5.41, 5.74) is 0. The highest BCUT2D eigenvalue weighted by Crippen LogP contribution is 1.95. The Morgan fingerprint density at radius 2 is 1.00 bits per heavy atom. The molecule has 0 spiro atoms. The fourth-order valence-corrected chi connectivity index (χ4v) is 0.500. The third-order valence-electron chi connectivity index (χ3n) is 0.957. The van der Waals surface area contributed by atoms with Crippen LogP contribution >= 0.6 is 0 Å². The van der Waals surface area contributed by atoms with Crippen molar-refractivity contribution in [3.8, 4) is 0 Å². The molecule has 1 radical (unpaired) electrons. The van der Waals surface area contributed by atoms with Crippen LogP contribution < -0.4 is 0 Å². The van der Waals surface area contributed by atoms with Gasteiger partial charge in [0.1, 0.15) is 0 Å². The van der Waals surface area contributed by atoms with E-state index < -0.39 is 0 Å². The van der Waals surface area contributed by atoms with Crippen molar-refractivity contribution in [2.45, 2.75) is 53.4 Å².